The quantitative estimate of drug-likeness (QED) is 0.362. The highest BCUT2D eigenvalue weighted by Crippen LogP contribution is 2.67. The number of benzene rings is 3. The molecule has 2 aliphatic rings. The van der Waals surface area contributed by atoms with Gasteiger partial charge in [0.25, 0.3) is 0 Å². The van der Waals surface area contributed by atoms with E-state index in [2.05, 4.69) is 0 Å². The molecule has 0 bridgehead atoms. The maximum atomic E-state index is 14.0. The lowest BCUT2D eigenvalue weighted by Crippen LogP contribution is -2.46. The third-order valence-electron chi connectivity index (χ3n) is 6.30. The van der Waals surface area contributed by atoms with Gasteiger partial charge in [-0.3, -0.25) is 9.13 Å². The minimum absolute atomic E-state index is 0.152. The van der Waals surface area contributed by atoms with Gasteiger partial charge in [0, 0.05) is 0 Å². The van der Waals surface area contributed by atoms with Crippen molar-refractivity contribution in [2.45, 2.75) is 12.1 Å². The first-order valence-electron chi connectivity index (χ1n) is 11.4. The maximum absolute atomic E-state index is 14.0. The summed E-state index contributed by atoms with van der Waals surface area (Å²) in [5, 5.41) is 0. The normalized spacial score (nSPS) is 29.3. The zero-order valence-electron chi connectivity index (χ0n) is 18.8. The van der Waals surface area contributed by atoms with E-state index < -0.39 is 26.3 Å². The summed E-state index contributed by atoms with van der Waals surface area (Å²) in [5.74, 6) is 0. The number of hydrogen-bond donors (Lipinski definition) is 0. The van der Waals surface area contributed by atoms with Crippen molar-refractivity contribution in [2.24, 2.45) is 5.41 Å². The Kier molecular flexibility index (Phi) is 6.90. The first-order valence-corrected chi connectivity index (χ1v) is 14.7. The van der Waals surface area contributed by atoms with E-state index in [1.165, 1.54) is 0 Å². The zero-order chi connectivity index (χ0) is 23.5. The minimum atomic E-state index is -3.53. The van der Waals surface area contributed by atoms with E-state index in [1.54, 1.807) is 0 Å². The minimum Gasteiger partial charge on any atom is -0.308 e. The molecule has 5 rings (SSSR count). The molecule has 34 heavy (non-hydrogen) atoms. The monoisotopic (exact) mass is 498 g/mol. The molecule has 3 aromatic carbocycles. The van der Waals surface area contributed by atoms with E-state index in [1.807, 2.05) is 91.0 Å². The Balaban J connectivity index is 1.26. The summed E-state index contributed by atoms with van der Waals surface area (Å²) >= 11 is 0. The van der Waals surface area contributed by atoms with E-state index in [-0.39, 0.29) is 26.4 Å². The molecular weight excluding hydrogens is 470 g/mol. The summed E-state index contributed by atoms with van der Waals surface area (Å²) in [7, 11) is -6.72. The van der Waals surface area contributed by atoms with Crippen molar-refractivity contribution in [3.63, 3.8) is 0 Å². The molecule has 3 aromatic rings. The second-order valence-corrected chi connectivity index (χ2v) is 13.2. The van der Waals surface area contributed by atoms with Crippen LogP contribution in [0.25, 0.3) is 0 Å². The smallest absolute Gasteiger partial charge is 0.308 e. The Hall–Kier alpha value is -2.04. The van der Waals surface area contributed by atoms with Crippen LogP contribution in [-0.2, 0) is 33.6 Å². The topological polar surface area (TPSA) is 71.1 Å². The zero-order valence-corrected chi connectivity index (χ0v) is 20.6. The first-order chi connectivity index (χ1) is 16.5. The predicted octanol–water partition coefficient (Wildman–Crippen LogP) is 6.48. The third-order valence-corrected chi connectivity index (χ3v) is 10.3. The summed E-state index contributed by atoms with van der Waals surface area (Å²) in [5.41, 5.74) is 1.66. The summed E-state index contributed by atoms with van der Waals surface area (Å²) in [6.07, 6.45) is 0.931. The van der Waals surface area contributed by atoms with Crippen LogP contribution in [0.3, 0.4) is 0 Å². The van der Waals surface area contributed by atoms with Gasteiger partial charge in [-0.05, 0) is 23.1 Å². The average Bonchev–Trinajstić information content (AvgIpc) is 2.89. The summed E-state index contributed by atoms with van der Waals surface area (Å²) in [6.45, 7) is 0.666. The van der Waals surface area contributed by atoms with Gasteiger partial charge >= 0.3 is 15.2 Å². The Morgan fingerprint density at radius 3 is 1.59 bits per heavy atom. The molecule has 2 heterocycles. The van der Waals surface area contributed by atoms with Crippen LogP contribution in [0.1, 0.15) is 22.3 Å². The highest BCUT2D eigenvalue weighted by molar-refractivity contribution is 7.54. The third kappa shape index (κ3) is 5.13. The highest BCUT2D eigenvalue weighted by Gasteiger charge is 2.51. The van der Waals surface area contributed by atoms with Crippen molar-refractivity contribution in [1.29, 1.82) is 0 Å². The number of aryl methyl sites for hydroxylation is 1. The molecule has 0 saturated carbocycles. The SMILES string of the molecule is O=P1(CCc2ccccc2)OCC2(CO1)COP(=O)(C(c1ccccc1)c1ccccc1)OC2. The van der Waals surface area contributed by atoms with E-state index >= 15 is 0 Å². The molecule has 1 spiro atoms. The van der Waals surface area contributed by atoms with Crippen molar-refractivity contribution < 1.29 is 27.2 Å². The number of hydrogen-bond acceptors (Lipinski definition) is 6. The second kappa shape index (κ2) is 9.91. The molecule has 0 N–H and O–H groups in total. The van der Waals surface area contributed by atoms with Crippen LogP contribution in [0.2, 0.25) is 0 Å². The second-order valence-electron chi connectivity index (χ2n) is 8.93. The van der Waals surface area contributed by atoms with Crippen molar-refractivity contribution in [2.75, 3.05) is 32.6 Å². The lowest BCUT2D eigenvalue weighted by Gasteiger charge is -2.44. The van der Waals surface area contributed by atoms with Gasteiger partial charge in [-0.1, -0.05) is 91.0 Å². The van der Waals surface area contributed by atoms with Crippen molar-refractivity contribution >= 4 is 15.2 Å². The molecule has 178 valence electrons. The van der Waals surface area contributed by atoms with Gasteiger partial charge in [0.05, 0.1) is 38.0 Å². The van der Waals surface area contributed by atoms with Gasteiger partial charge < -0.3 is 18.1 Å². The fraction of sp³-hybridized carbons (Fsp3) is 0.308. The molecule has 0 atom stereocenters. The fourth-order valence-corrected chi connectivity index (χ4v) is 8.43. The highest BCUT2D eigenvalue weighted by atomic mass is 31.2. The molecule has 2 fully saturated rings. The van der Waals surface area contributed by atoms with Crippen molar-refractivity contribution in [3.05, 3.63) is 108 Å². The van der Waals surface area contributed by atoms with Crippen LogP contribution >= 0.6 is 15.2 Å². The Morgan fingerprint density at radius 2 is 1.09 bits per heavy atom. The van der Waals surface area contributed by atoms with Crippen LogP contribution in [0.4, 0.5) is 0 Å². The molecule has 0 aliphatic carbocycles. The van der Waals surface area contributed by atoms with Crippen molar-refractivity contribution in [1.82, 2.24) is 0 Å². The van der Waals surface area contributed by atoms with Crippen LogP contribution in [0.15, 0.2) is 91.0 Å². The molecule has 0 radical (unpaired) electrons. The molecule has 6 nitrogen and oxygen atoms in total. The van der Waals surface area contributed by atoms with Crippen LogP contribution in [-0.4, -0.2) is 32.6 Å². The van der Waals surface area contributed by atoms with Crippen molar-refractivity contribution in [3.8, 4) is 0 Å². The van der Waals surface area contributed by atoms with Gasteiger partial charge in [0.2, 0.25) is 0 Å². The van der Waals surface area contributed by atoms with E-state index in [0.29, 0.717) is 12.6 Å². The largest absolute Gasteiger partial charge is 0.342 e. The molecule has 0 amide bonds. The van der Waals surface area contributed by atoms with Gasteiger partial charge in [-0.25, -0.2) is 0 Å². The Bertz CT molecular complexity index is 1120. The molecule has 2 saturated heterocycles. The molecule has 0 unspecified atom stereocenters. The van der Waals surface area contributed by atoms with Crippen LogP contribution < -0.4 is 0 Å². The molecule has 0 aromatic heterocycles. The number of rotatable bonds is 6. The van der Waals surface area contributed by atoms with Crippen LogP contribution in [0.5, 0.6) is 0 Å². The van der Waals surface area contributed by atoms with Gasteiger partial charge in [-0.2, -0.15) is 0 Å². The predicted molar refractivity (Wildman–Crippen MR) is 131 cm³/mol. The lowest BCUT2D eigenvalue weighted by atomic mass is 9.93. The lowest BCUT2D eigenvalue weighted by molar-refractivity contribution is -0.0693. The van der Waals surface area contributed by atoms with Crippen LogP contribution in [0, 0.1) is 5.41 Å². The average molecular weight is 498 g/mol. The summed E-state index contributed by atoms with van der Waals surface area (Å²) < 4.78 is 50.6. The van der Waals surface area contributed by atoms with E-state index in [0.717, 1.165) is 16.7 Å². The first kappa shape index (κ1) is 23.7. The van der Waals surface area contributed by atoms with Gasteiger partial charge in [0.1, 0.15) is 5.66 Å². The standard InChI is InChI=1S/C26H28O6P2/c27-33(17-16-22-10-4-1-5-11-22)29-18-26(19-30-33)20-31-34(28,32-21-26)25(23-12-6-2-7-13-23)24-14-8-3-9-15-24/h1-15,25H,16-21H2. The molecular formula is C26H28O6P2. The Labute approximate surface area is 200 Å². The molecule has 2 aliphatic heterocycles. The van der Waals surface area contributed by atoms with Gasteiger partial charge in [-0.15, -0.1) is 0 Å². The van der Waals surface area contributed by atoms with E-state index in [4.69, 9.17) is 18.1 Å². The maximum Gasteiger partial charge on any atom is 0.342 e. The molecule has 8 heteroatoms. The fourth-order valence-electron chi connectivity index (χ4n) is 4.27. The van der Waals surface area contributed by atoms with E-state index in [9.17, 15) is 9.13 Å². The summed E-state index contributed by atoms with van der Waals surface area (Å²) in [6, 6.07) is 29.1. The summed E-state index contributed by atoms with van der Waals surface area (Å²) in [4.78, 5) is 0. The van der Waals surface area contributed by atoms with Gasteiger partial charge in [0.15, 0.2) is 0 Å². The Morgan fingerprint density at radius 1 is 0.647 bits per heavy atom.